The maximum Gasteiger partial charge on any atom is 0.137 e. The second-order valence-electron chi connectivity index (χ2n) is 3.92. The Morgan fingerprint density at radius 3 is 2.62 bits per heavy atom. The molecule has 1 aromatic rings. The fourth-order valence-electron chi connectivity index (χ4n) is 2.09. The van der Waals surface area contributed by atoms with E-state index in [-0.39, 0.29) is 12.4 Å². The molecule has 0 aliphatic carbocycles. The van der Waals surface area contributed by atoms with E-state index >= 15 is 0 Å². The van der Waals surface area contributed by atoms with E-state index in [0.29, 0.717) is 10.9 Å². The molecular formula is C12H17Cl2NO. The van der Waals surface area contributed by atoms with Crippen LogP contribution < -0.4 is 10.1 Å². The average molecular weight is 262 g/mol. The molecule has 4 heteroatoms. The molecule has 0 aromatic heterocycles. The molecule has 1 aliphatic rings. The van der Waals surface area contributed by atoms with E-state index in [1.54, 1.807) is 7.11 Å². The molecule has 2 rings (SSSR count). The van der Waals surface area contributed by atoms with Crippen molar-refractivity contribution in [1.82, 2.24) is 5.32 Å². The number of nitrogens with one attached hydrogen (secondary N) is 1. The van der Waals surface area contributed by atoms with Gasteiger partial charge >= 0.3 is 0 Å². The van der Waals surface area contributed by atoms with Crippen molar-refractivity contribution < 1.29 is 4.74 Å². The van der Waals surface area contributed by atoms with Crippen molar-refractivity contribution in [2.75, 3.05) is 20.2 Å². The maximum atomic E-state index is 6.00. The molecule has 0 saturated carbocycles. The Balaban J connectivity index is 0.00000128. The van der Waals surface area contributed by atoms with Crippen LogP contribution in [0.15, 0.2) is 18.2 Å². The lowest BCUT2D eigenvalue weighted by Gasteiger charge is -2.23. The first kappa shape index (κ1) is 13.6. The monoisotopic (exact) mass is 261 g/mol. The summed E-state index contributed by atoms with van der Waals surface area (Å²) in [6, 6.07) is 6.11. The molecule has 16 heavy (non-hydrogen) atoms. The summed E-state index contributed by atoms with van der Waals surface area (Å²) >= 11 is 6.00. The lowest BCUT2D eigenvalue weighted by molar-refractivity contribution is 0.411. The van der Waals surface area contributed by atoms with Crippen molar-refractivity contribution in [3.05, 3.63) is 28.8 Å². The van der Waals surface area contributed by atoms with E-state index in [1.807, 2.05) is 6.07 Å². The lowest BCUT2D eigenvalue weighted by Crippen LogP contribution is -2.26. The van der Waals surface area contributed by atoms with Crippen LogP contribution in [0.1, 0.15) is 24.3 Å². The van der Waals surface area contributed by atoms with Gasteiger partial charge in [-0.3, -0.25) is 0 Å². The number of hydrogen-bond acceptors (Lipinski definition) is 2. The Hall–Kier alpha value is -0.440. The number of hydrogen-bond donors (Lipinski definition) is 1. The van der Waals surface area contributed by atoms with Gasteiger partial charge in [0.2, 0.25) is 0 Å². The Bertz CT molecular complexity index is 338. The lowest BCUT2D eigenvalue weighted by atomic mass is 9.90. The van der Waals surface area contributed by atoms with Crippen LogP contribution in [0.25, 0.3) is 0 Å². The standard InChI is InChI=1S/C12H16ClNO.ClH/c1-15-12-8-10(2-3-11(12)13)9-4-6-14-7-5-9;/h2-3,8-9,14H,4-7H2,1H3;1H. The van der Waals surface area contributed by atoms with E-state index in [1.165, 1.54) is 18.4 Å². The fraction of sp³-hybridized carbons (Fsp3) is 0.500. The summed E-state index contributed by atoms with van der Waals surface area (Å²) in [6.07, 6.45) is 2.40. The molecule has 0 spiro atoms. The molecule has 1 saturated heterocycles. The number of piperidine rings is 1. The summed E-state index contributed by atoms with van der Waals surface area (Å²) < 4.78 is 5.23. The highest BCUT2D eigenvalue weighted by molar-refractivity contribution is 6.32. The minimum atomic E-state index is 0. The number of rotatable bonds is 2. The highest BCUT2D eigenvalue weighted by Gasteiger charge is 2.16. The largest absolute Gasteiger partial charge is 0.495 e. The van der Waals surface area contributed by atoms with Crippen LogP contribution in [-0.2, 0) is 0 Å². The first-order valence-electron chi connectivity index (χ1n) is 5.35. The first-order valence-corrected chi connectivity index (χ1v) is 5.73. The third-order valence-corrected chi connectivity index (χ3v) is 3.30. The van der Waals surface area contributed by atoms with Crippen molar-refractivity contribution in [3.63, 3.8) is 0 Å². The minimum Gasteiger partial charge on any atom is -0.495 e. The maximum absolute atomic E-state index is 6.00. The van der Waals surface area contributed by atoms with Crippen LogP contribution in [0, 0.1) is 0 Å². The van der Waals surface area contributed by atoms with Gasteiger partial charge in [0, 0.05) is 0 Å². The molecule has 90 valence electrons. The van der Waals surface area contributed by atoms with Gasteiger partial charge in [0.05, 0.1) is 12.1 Å². The Kier molecular flexibility index (Phi) is 5.39. The zero-order chi connectivity index (χ0) is 10.7. The Morgan fingerprint density at radius 2 is 2.00 bits per heavy atom. The minimum absolute atomic E-state index is 0. The van der Waals surface area contributed by atoms with Crippen molar-refractivity contribution in [2.45, 2.75) is 18.8 Å². The van der Waals surface area contributed by atoms with Gasteiger partial charge in [0.25, 0.3) is 0 Å². The van der Waals surface area contributed by atoms with E-state index in [2.05, 4.69) is 17.4 Å². The summed E-state index contributed by atoms with van der Waals surface area (Å²) in [6.45, 7) is 2.21. The molecule has 0 atom stereocenters. The number of benzene rings is 1. The molecule has 0 amide bonds. The summed E-state index contributed by atoms with van der Waals surface area (Å²) in [4.78, 5) is 0. The van der Waals surface area contributed by atoms with Gasteiger partial charge in [-0.2, -0.15) is 0 Å². The molecule has 1 heterocycles. The molecule has 1 aromatic carbocycles. The fourth-order valence-corrected chi connectivity index (χ4v) is 2.28. The highest BCUT2D eigenvalue weighted by atomic mass is 35.5. The van der Waals surface area contributed by atoms with Gasteiger partial charge in [-0.15, -0.1) is 12.4 Å². The number of ether oxygens (including phenoxy) is 1. The molecular weight excluding hydrogens is 245 g/mol. The van der Waals surface area contributed by atoms with Crippen LogP contribution in [0.2, 0.25) is 5.02 Å². The van der Waals surface area contributed by atoms with Crippen molar-refractivity contribution in [1.29, 1.82) is 0 Å². The summed E-state index contributed by atoms with van der Waals surface area (Å²) in [7, 11) is 1.66. The van der Waals surface area contributed by atoms with Crippen molar-refractivity contribution in [3.8, 4) is 5.75 Å². The summed E-state index contributed by atoms with van der Waals surface area (Å²) in [5, 5.41) is 4.06. The smallest absolute Gasteiger partial charge is 0.137 e. The van der Waals surface area contributed by atoms with E-state index in [0.717, 1.165) is 18.8 Å². The normalized spacial score (nSPS) is 16.6. The van der Waals surface area contributed by atoms with E-state index in [9.17, 15) is 0 Å². The van der Waals surface area contributed by atoms with Crippen molar-refractivity contribution >= 4 is 24.0 Å². The Morgan fingerprint density at radius 1 is 1.31 bits per heavy atom. The van der Waals surface area contributed by atoms with Gasteiger partial charge in [0.15, 0.2) is 0 Å². The second kappa shape index (κ2) is 6.33. The first-order chi connectivity index (χ1) is 7.31. The molecule has 0 radical (unpaired) electrons. The quantitative estimate of drug-likeness (QED) is 0.883. The summed E-state index contributed by atoms with van der Waals surface area (Å²) in [5.41, 5.74) is 1.35. The molecule has 1 aliphatic heterocycles. The number of methoxy groups -OCH3 is 1. The van der Waals surface area contributed by atoms with E-state index in [4.69, 9.17) is 16.3 Å². The third kappa shape index (κ3) is 3.03. The second-order valence-corrected chi connectivity index (χ2v) is 4.33. The van der Waals surface area contributed by atoms with Crippen LogP contribution >= 0.6 is 24.0 Å². The highest BCUT2D eigenvalue weighted by Crippen LogP contribution is 2.31. The predicted octanol–water partition coefficient (Wildman–Crippen LogP) is 3.24. The van der Waals surface area contributed by atoms with Gasteiger partial charge < -0.3 is 10.1 Å². The molecule has 0 bridgehead atoms. The zero-order valence-electron chi connectivity index (χ0n) is 9.33. The predicted molar refractivity (Wildman–Crippen MR) is 70.1 cm³/mol. The topological polar surface area (TPSA) is 21.3 Å². The summed E-state index contributed by atoms with van der Waals surface area (Å²) in [5.74, 6) is 1.44. The number of halogens is 2. The average Bonchev–Trinajstić information content (AvgIpc) is 2.31. The third-order valence-electron chi connectivity index (χ3n) is 2.99. The van der Waals surface area contributed by atoms with Crippen LogP contribution in [0.4, 0.5) is 0 Å². The van der Waals surface area contributed by atoms with Crippen LogP contribution in [0.5, 0.6) is 5.75 Å². The van der Waals surface area contributed by atoms with Gasteiger partial charge in [-0.1, -0.05) is 17.7 Å². The van der Waals surface area contributed by atoms with Crippen LogP contribution in [0.3, 0.4) is 0 Å². The van der Waals surface area contributed by atoms with E-state index < -0.39 is 0 Å². The van der Waals surface area contributed by atoms with Gasteiger partial charge in [-0.25, -0.2) is 0 Å². The SMILES string of the molecule is COc1cc(C2CCNCC2)ccc1Cl.Cl. The van der Waals surface area contributed by atoms with Crippen molar-refractivity contribution in [2.24, 2.45) is 0 Å². The van der Waals surface area contributed by atoms with Gasteiger partial charge in [0.1, 0.15) is 5.75 Å². The molecule has 1 N–H and O–H groups in total. The van der Waals surface area contributed by atoms with Crippen LogP contribution in [-0.4, -0.2) is 20.2 Å². The molecule has 1 fully saturated rings. The Labute approximate surface area is 108 Å². The zero-order valence-corrected chi connectivity index (χ0v) is 10.9. The molecule has 2 nitrogen and oxygen atoms in total. The van der Waals surface area contributed by atoms with Gasteiger partial charge in [-0.05, 0) is 49.5 Å². The molecule has 0 unspecified atom stereocenters.